The third-order valence-corrected chi connectivity index (χ3v) is 3.55. The Morgan fingerprint density at radius 1 is 1.29 bits per heavy atom. The van der Waals surface area contributed by atoms with Gasteiger partial charge in [-0.2, -0.15) is 0 Å². The minimum Gasteiger partial charge on any atom is -0.443 e. The van der Waals surface area contributed by atoms with Gasteiger partial charge in [0.05, 0.1) is 11.1 Å². The Labute approximate surface area is 131 Å². The minimum absolute atomic E-state index is 0.275. The molecular weight excluding hydrogens is 338 g/mol. The number of hydrogen-bond donors (Lipinski definition) is 2. The molecular formula is C14H18BrN3O3. The summed E-state index contributed by atoms with van der Waals surface area (Å²) >= 11 is 3.31. The number of ether oxygens (including phenoxy) is 1. The van der Waals surface area contributed by atoms with Crippen molar-refractivity contribution in [2.75, 3.05) is 0 Å². The number of nitrogens with zero attached hydrogens (tertiary/aromatic N) is 1. The van der Waals surface area contributed by atoms with E-state index in [0.29, 0.717) is 18.5 Å². The molecule has 1 saturated carbocycles. The average Bonchev–Trinajstić information content (AvgIpc) is 3.16. The zero-order chi connectivity index (χ0) is 15.7. The van der Waals surface area contributed by atoms with Gasteiger partial charge in [-0.25, -0.2) is 10.2 Å². The number of nitrogens with one attached hydrogen (secondary N) is 2. The zero-order valence-electron chi connectivity index (χ0n) is 12.2. The van der Waals surface area contributed by atoms with Crippen LogP contribution in [0.4, 0.5) is 4.79 Å². The molecule has 2 amide bonds. The third kappa shape index (κ3) is 3.93. The predicted octanol–water partition coefficient (Wildman–Crippen LogP) is 2.43. The van der Waals surface area contributed by atoms with Crippen LogP contribution in [0.5, 0.6) is 0 Å². The molecule has 1 aliphatic rings. The fourth-order valence-electron chi connectivity index (χ4n) is 1.91. The molecule has 21 heavy (non-hydrogen) atoms. The zero-order valence-corrected chi connectivity index (χ0v) is 13.8. The quantitative estimate of drug-likeness (QED) is 0.798. The molecule has 0 unspecified atom stereocenters. The van der Waals surface area contributed by atoms with Crippen molar-refractivity contribution in [3.8, 4) is 0 Å². The number of carbonyl (C=O) groups excluding carboxylic acids is 2. The van der Waals surface area contributed by atoms with E-state index in [-0.39, 0.29) is 5.91 Å². The van der Waals surface area contributed by atoms with Gasteiger partial charge in [-0.15, -0.1) is 0 Å². The second kappa shape index (κ2) is 5.63. The van der Waals surface area contributed by atoms with Gasteiger partial charge >= 0.3 is 6.09 Å². The smallest absolute Gasteiger partial charge is 0.426 e. The van der Waals surface area contributed by atoms with Crippen LogP contribution in [0.25, 0.3) is 0 Å². The normalized spacial score (nSPS) is 16.0. The highest BCUT2D eigenvalue weighted by atomic mass is 79.9. The van der Waals surface area contributed by atoms with Crippen LogP contribution < -0.4 is 10.9 Å². The number of aromatic nitrogens is 1. The van der Waals surface area contributed by atoms with E-state index in [1.54, 1.807) is 27.0 Å². The Bertz CT molecular complexity index is 548. The number of hydrazine groups is 1. The first-order chi connectivity index (χ1) is 9.73. The second-order valence-corrected chi connectivity index (χ2v) is 6.94. The van der Waals surface area contributed by atoms with Crippen LogP contribution in [0.1, 0.15) is 39.3 Å². The van der Waals surface area contributed by atoms with E-state index in [2.05, 4.69) is 31.8 Å². The number of hydrogen-bond acceptors (Lipinski definition) is 4. The summed E-state index contributed by atoms with van der Waals surface area (Å²) in [6.45, 7) is 5.26. The third-order valence-electron chi connectivity index (χ3n) is 3.08. The van der Waals surface area contributed by atoms with Gasteiger partial charge in [0.25, 0.3) is 5.91 Å². The van der Waals surface area contributed by atoms with Gasteiger partial charge in [-0.1, -0.05) is 0 Å². The summed E-state index contributed by atoms with van der Waals surface area (Å²) in [5.41, 5.74) is 4.12. The molecule has 0 bridgehead atoms. The molecule has 1 fully saturated rings. The maximum Gasteiger partial charge on any atom is 0.426 e. The maximum absolute atomic E-state index is 12.2. The molecule has 1 heterocycles. The van der Waals surface area contributed by atoms with Gasteiger partial charge < -0.3 is 4.74 Å². The average molecular weight is 356 g/mol. The van der Waals surface area contributed by atoms with E-state index in [0.717, 1.165) is 4.47 Å². The number of amides is 2. The van der Waals surface area contributed by atoms with Crippen LogP contribution in [0, 0.1) is 0 Å². The van der Waals surface area contributed by atoms with Crippen molar-refractivity contribution in [3.05, 3.63) is 28.5 Å². The van der Waals surface area contributed by atoms with Crippen molar-refractivity contribution in [3.63, 3.8) is 0 Å². The SMILES string of the molecule is CC(C)(C)OC(=O)NNC(=O)C1(c2ccc(Br)cn2)CC1. The highest BCUT2D eigenvalue weighted by Gasteiger charge is 2.52. The summed E-state index contributed by atoms with van der Waals surface area (Å²) in [4.78, 5) is 28.0. The minimum atomic E-state index is -0.685. The van der Waals surface area contributed by atoms with Gasteiger partial charge in [0.2, 0.25) is 0 Å². The molecule has 0 aromatic carbocycles. The molecule has 2 rings (SSSR count). The lowest BCUT2D eigenvalue weighted by Crippen LogP contribution is -2.48. The van der Waals surface area contributed by atoms with Crippen LogP contribution in [0.2, 0.25) is 0 Å². The standard InChI is InChI=1S/C14H18BrN3O3/c1-13(2,3)21-12(20)18-17-11(19)14(6-7-14)10-5-4-9(15)8-16-10/h4-5,8H,6-7H2,1-3H3,(H,17,19)(H,18,20). The van der Waals surface area contributed by atoms with E-state index in [1.807, 2.05) is 12.1 Å². The molecule has 114 valence electrons. The molecule has 1 aromatic heterocycles. The monoisotopic (exact) mass is 355 g/mol. The lowest BCUT2D eigenvalue weighted by atomic mass is 10.0. The molecule has 1 aliphatic carbocycles. The first kappa shape index (κ1) is 15.8. The topological polar surface area (TPSA) is 80.3 Å². The van der Waals surface area contributed by atoms with Crippen molar-refractivity contribution < 1.29 is 14.3 Å². The number of pyridine rings is 1. The number of carbonyl (C=O) groups is 2. The summed E-state index contributed by atoms with van der Waals surface area (Å²) < 4.78 is 5.91. The number of rotatable bonds is 2. The predicted molar refractivity (Wildman–Crippen MR) is 80.4 cm³/mol. The molecule has 0 atom stereocenters. The summed E-state index contributed by atoms with van der Waals surface area (Å²) in [6, 6.07) is 3.65. The Balaban J connectivity index is 1.94. The Kier molecular flexibility index (Phi) is 4.22. The molecule has 7 heteroatoms. The van der Waals surface area contributed by atoms with Crippen LogP contribution in [-0.4, -0.2) is 22.6 Å². The van der Waals surface area contributed by atoms with E-state index in [1.165, 1.54) is 0 Å². The van der Waals surface area contributed by atoms with Gasteiger partial charge in [0.15, 0.2) is 0 Å². The van der Waals surface area contributed by atoms with Crippen molar-refractivity contribution in [2.45, 2.75) is 44.6 Å². The van der Waals surface area contributed by atoms with E-state index < -0.39 is 17.1 Å². The van der Waals surface area contributed by atoms with E-state index >= 15 is 0 Å². The van der Waals surface area contributed by atoms with Crippen molar-refractivity contribution in [1.82, 2.24) is 15.8 Å². The van der Waals surface area contributed by atoms with E-state index in [9.17, 15) is 9.59 Å². The van der Waals surface area contributed by atoms with Crippen LogP contribution >= 0.6 is 15.9 Å². The Morgan fingerprint density at radius 3 is 2.43 bits per heavy atom. The summed E-state index contributed by atoms with van der Waals surface area (Å²) in [7, 11) is 0. The molecule has 1 aromatic rings. The lowest BCUT2D eigenvalue weighted by Gasteiger charge is -2.21. The fraction of sp³-hybridized carbons (Fsp3) is 0.500. The molecule has 2 N–H and O–H groups in total. The first-order valence-electron chi connectivity index (χ1n) is 6.64. The summed E-state index contributed by atoms with van der Waals surface area (Å²) in [5, 5.41) is 0. The van der Waals surface area contributed by atoms with Crippen molar-refractivity contribution in [1.29, 1.82) is 0 Å². The van der Waals surface area contributed by atoms with Crippen LogP contribution in [0.15, 0.2) is 22.8 Å². The van der Waals surface area contributed by atoms with Crippen molar-refractivity contribution in [2.24, 2.45) is 0 Å². The van der Waals surface area contributed by atoms with Crippen LogP contribution in [0.3, 0.4) is 0 Å². The van der Waals surface area contributed by atoms with Crippen molar-refractivity contribution >= 4 is 27.9 Å². The second-order valence-electron chi connectivity index (χ2n) is 6.02. The largest absolute Gasteiger partial charge is 0.443 e. The van der Waals surface area contributed by atoms with Crippen LogP contribution in [-0.2, 0) is 14.9 Å². The highest BCUT2D eigenvalue weighted by Crippen LogP contribution is 2.47. The number of halogens is 1. The molecule has 0 saturated heterocycles. The van der Waals surface area contributed by atoms with Gasteiger partial charge in [-0.05, 0) is 61.7 Å². The molecule has 6 nitrogen and oxygen atoms in total. The fourth-order valence-corrected chi connectivity index (χ4v) is 2.15. The van der Waals surface area contributed by atoms with E-state index in [4.69, 9.17) is 4.74 Å². The van der Waals surface area contributed by atoms with Gasteiger partial charge in [0.1, 0.15) is 5.60 Å². The highest BCUT2D eigenvalue weighted by molar-refractivity contribution is 9.10. The summed E-state index contributed by atoms with van der Waals surface area (Å²) in [5.74, 6) is -0.275. The Hall–Kier alpha value is -1.63. The van der Waals surface area contributed by atoms with Gasteiger partial charge in [0, 0.05) is 10.7 Å². The molecule has 0 aliphatic heterocycles. The van der Waals surface area contributed by atoms with Gasteiger partial charge in [-0.3, -0.25) is 15.2 Å². The Morgan fingerprint density at radius 2 is 1.95 bits per heavy atom. The first-order valence-corrected chi connectivity index (χ1v) is 7.44. The maximum atomic E-state index is 12.2. The molecule has 0 spiro atoms. The summed E-state index contributed by atoms with van der Waals surface area (Å²) in [6.07, 6.45) is 2.40. The molecule has 0 radical (unpaired) electrons. The lowest BCUT2D eigenvalue weighted by molar-refractivity contribution is -0.124.